The maximum absolute atomic E-state index is 5.59. The van der Waals surface area contributed by atoms with Gasteiger partial charge in [0.25, 0.3) is 0 Å². The summed E-state index contributed by atoms with van der Waals surface area (Å²) in [6, 6.07) is 3.83. The van der Waals surface area contributed by atoms with Crippen LogP contribution in [0, 0.1) is 6.92 Å². The fraction of sp³-hybridized carbons (Fsp3) is 0.417. The number of hydrogen-bond acceptors (Lipinski definition) is 3. The minimum atomic E-state index is 0.398. The van der Waals surface area contributed by atoms with Crippen molar-refractivity contribution in [1.29, 1.82) is 0 Å². The molecule has 0 aliphatic rings. The van der Waals surface area contributed by atoms with E-state index in [0.29, 0.717) is 13.2 Å². The Bertz CT molecular complexity index is 347. The second-order valence-corrected chi connectivity index (χ2v) is 3.49. The number of ether oxygens (including phenoxy) is 1. The third kappa shape index (κ3) is 3.36. The van der Waals surface area contributed by atoms with Crippen molar-refractivity contribution < 1.29 is 4.74 Å². The second kappa shape index (κ2) is 5.51. The first-order chi connectivity index (χ1) is 7.17. The Morgan fingerprint density at radius 3 is 2.87 bits per heavy atom. The second-order valence-electron chi connectivity index (χ2n) is 3.49. The zero-order chi connectivity index (χ0) is 11.3. The highest BCUT2D eigenvalue weighted by molar-refractivity contribution is 5.29. The molecule has 0 saturated carbocycles. The predicted octanol–water partition coefficient (Wildman–Crippen LogP) is 2.19. The Kier molecular flexibility index (Phi) is 4.31. The molecule has 3 nitrogen and oxygen atoms in total. The van der Waals surface area contributed by atoms with Gasteiger partial charge in [0.05, 0.1) is 5.69 Å². The molecule has 0 radical (unpaired) electrons. The van der Waals surface area contributed by atoms with Crippen LogP contribution in [-0.2, 0) is 6.54 Å². The van der Waals surface area contributed by atoms with E-state index in [0.717, 1.165) is 29.1 Å². The molecule has 3 heteroatoms. The molecule has 0 amide bonds. The summed E-state index contributed by atoms with van der Waals surface area (Å²) in [5, 5.41) is 0. The first-order valence-corrected chi connectivity index (χ1v) is 5.13. The zero-order valence-corrected chi connectivity index (χ0v) is 9.42. The van der Waals surface area contributed by atoms with Gasteiger partial charge in [-0.1, -0.05) is 13.5 Å². The van der Waals surface area contributed by atoms with Crippen LogP contribution >= 0.6 is 0 Å². The Hall–Kier alpha value is -1.35. The quantitative estimate of drug-likeness (QED) is 0.751. The topological polar surface area (TPSA) is 48.1 Å². The molecule has 0 atom stereocenters. The van der Waals surface area contributed by atoms with E-state index in [-0.39, 0.29) is 0 Å². The molecular formula is C12H18N2O. The first-order valence-electron chi connectivity index (χ1n) is 5.13. The molecule has 0 spiro atoms. The minimum Gasteiger partial charge on any atom is -0.487 e. The molecule has 15 heavy (non-hydrogen) atoms. The summed E-state index contributed by atoms with van der Waals surface area (Å²) in [6.07, 6.45) is 0.928. The van der Waals surface area contributed by atoms with Crippen molar-refractivity contribution in [2.75, 3.05) is 6.61 Å². The molecule has 0 aliphatic heterocycles. The Labute approximate surface area is 91.0 Å². The first kappa shape index (κ1) is 11.7. The van der Waals surface area contributed by atoms with Gasteiger partial charge in [-0.3, -0.25) is 4.98 Å². The van der Waals surface area contributed by atoms with Crippen LogP contribution in [0.25, 0.3) is 0 Å². The smallest absolute Gasteiger partial charge is 0.142 e. The van der Waals surface area contributed by atoms with Crippen molar-refractivity contribution >= 4 is 0 Å². The van der Waals surface area contributed by atoms with Crippen molar-refractivity contribution in [2.45, 2.75) is 26.8 Å². The fourth-order valence-corrected chi connectivity index (χ4v) is 1.16. The van der Waals surface area contributed by atoms with Gasteiger partial charge < -0.3 is 10.5 Å². The number of aromatic nitrogens is 1. The normalized spacial score (nSPS) is 10.1. The van der Waals surface area contributed by atoms with Gasteiger partial charge in [-0.05, 0) is 31.1 Å². The van der Waals surface area contributed by atoms with E-state index in [4.69, 9.17) is 10.5 Å². The average molecular weight is 206 g/mol. The summed E-state index contributed by atoms with van der Waals surface area (Å²) in [5.74, 6) is 0.762. The number of pyridine rings is 1. The molecule has 1 aromatic rings. The van der Waals surface area contributed by atoms with Crippen molar-refractivity contribution in [2.24, 2.45) is 5.73 Å². The van der Waals surface area contributed by atoms with Gasteiger partial charge in [-0.15, -0.1) is 0 Å². The molecule has 1 rings (SSSR count). The fourth-order valence-electron chi connectivity index (χ4n) is 1.16. The lowest BCUT2D eigenvalue weighted by atomic mass is 10.2. The summed E-state index contributed by atoms with van der Waals surface area (Å²) in [7, 11) is 0. The predicted molar refractivity (Wildman–Crippen MR) is 61.8 cm³/mol. The van der Waals surface area contributed by atoms with Crippen molar-refractivity contribution in [1.82, 2.24) is 4.98 Å². The minimum absolute atomic E-state index is 0.398. The summed E-state index contributed by atoms with van der Waals surface area (Å²) >= 11 is 0. The highest BCUT2D eigenvalue weighted by atomic mass is 16.5. The van der Waals surface area contributed by atoms with E-state index in [1.807, 2.05) is 19.1 Å². The van der Waals surface area contributed by atoms with Gasteiger partial charge in [-0.2, -0.15) is 0 Å². The Balaban J connectivity index is 2.72. The van der Waals surface area contributed by atoms with E-state index in [1.165, 1.54) is 0 Å². The molecule has 0 aliphatic carbocycles. The van der Waals surface area contributed by atoms with Crippen molar-refractivity contribution in [3.8, 4) is 5.75 Å². The van der Waals surface area contributed by atoms with E-state index in [1.54, 1.807) is 0 Å². The van der Waals surface area contributed by atoms with Crippen LogP contribution in [0.5, 0.6) is 5.75 Å². The molecule has 2 N–H and O–H groups in total. The van der Waals surface area contributed by atoms with Crippen LogP contribution in [-0.4, -0.2) is 11.6 Å². The molecule has 82 valence electrons. The maximum Gasteiger partial charge on any atom is 0.142 e. The van der Waals surface area contributed by atoms with Gasteiger partial charge in [0.1, 0.15) is 12.4 Å². The highest BCUT2D eigenvalue weighted by Crippen LogP contribution is 2.17. The standard InChI is InChI=1S/C12H18N2O/c1-4-9(2)8-15-12-6-5-10(3)14-11(12)7-13/h5-6H,2,4,7-8,13H2,1,3H3. The van der Waals surface area contributed by atoms with Crippen molar-refractivity contribution in [3.05, 3.63) is 35.7 Å². The van der Waals surface area contributed by atoms with Gasteiger partial charge >= 0.3 is 0 Å². The van der Waals surface area contributed by atoms with Crippen LogP contribution in [0.2, 0.25) is 0 Å². The summed E-state index contributed by atoms with van der Waals surface area (Å²) < 4.78 is 5.59. The van der Waals surface area contributed by atoms with Gasteiger partial charge in [0.2, 0.25) is 0 Å². The van der Waals surface area contributed by atoms with E-state index < -0.39 is 0 Å². The van der Waals surface area contributed by atoms with Crippen LogP contribution in [0.15, 0.2) is 24.3 Å². The average Bonchev–Trinajstić information content (AvgIpc) is 2.26. The monoisotopic (exact) mass is 206 g/mol. The maximum atomic E-state index is 5.59. The Morgan fingerprint density at radius 2 is 2.27 bits per heavy atom. The molecule has 0 saturated heterocycles. The number of nitrogens with two attached hydrogens (primary N) is 1. The number of rotatable bonds is 5. The SMILES string of the molecule is C=C(CC)COc1ccc(C)nc1CN. The summed E-state index contributed by atoms with van der Waals surface area (Å²) in [4.78, 5) is 4.32. The molecule has 0 aromatic carbocycles. The number of aryl methyl sites for hydroxylation is 1. The number of nitrogens with zero attached hydrogens (tertiary/aromatic N) is 1. The van der Waals surface area contributed by atoms with Gasteiger partial charge in [0, 0.05) is 12.2 Å². The molecule has 1 heterocycles. The summed E-state index contributed by atoms with van der Waals surface area (Å²) in [6.45, 7) is 8.82. The molecular weight excluding hydrogens is 188 g/mol. The van der Waals surface area contributed by atoms with Crippen molar-refractivity contribution in [3.63, 3.8) is 0 Å². The lowest BCUT2D eigenvalue weighted by Crippen LogP contribution is -2.07. The van der Waals surface area contributed by atoms with E-state index in [9.17, 15) is 0 Å². The molecule has 0 unspecified atom stereocenters. The third-order valence-electron chi connectivity index (χ3n) is 2.20. The van der Waals surface area contributed by atoms with Crippen LogP contribution in [0.3, 0.4) is 0 Å². The largest absolute Gasteiger partial charge is 0.487 e. The summed E-state index contributed by atoms with van der Waals surface area (Å²) in [5.41, 5.74) is 8.42. The number of hydrogen-bond donors (Lipinski definition) is 1. The zero-order valence-electron chi connectivity index (χ0n) is 9.42. The van der Waals surface area contributed by atoms with E-state index in [2.05, 4.69) is 18.5 Å². The molecule has 1 aromatic heterocycles. The third-order valence-corrected chi connectivity index (χ3v) is 2.20. The van der Waals surface area contributed by atoms with Crippen LogP contribution in [0.4, 0.5) is 0 Å². The lowest BCUT2D eigenvalue weighted by molar-refractivity contribution is 0.343. The van der Waals surface area contributed by atoms with Crippen LogP contribution < -0.4 is 10.5 Å². The van der Waals surface area contributed by atoms with E-state index >= 15 is 0 Å². The van der Waals surface area contributed by atoms with Gasteiger partial charge in [0.15, 0.2) is 0 Å². The van der Waals surface area contributed by atoms with Crippen LogP contribution in [0.1, 0.15) is 24.7 Å². The lowest BCUT2D eigenvalue weighted by Gasteiger charge is -2.10. The van der Waals surface area contributed by atoms with Gasteiger partial charge in [-0.25, -0.2) is 0 Å². The Morgan fingerprint density at radius 1 is 1.53 bits per heavy atom. The molecule has 0 bridgehead atoms. The highest BCUT2D eigenvalue weighted by Gasteiger charge is 2.04. The molecule has 0 fully saturated rings.